The van der Waals surface area contributed by atoms with Crippen molar-refractivity contribution in [3.63, 3.8) is 0 Å². The molecule has 0 aliphatic heterocycles. The molecule has 36 heavy (non-hydrogen) atoms. The number of hydrogen-bond acceptors (Lipinski definition) is 4. The van der Waals surface area contributed by atoms with Crippen molar-refractivity contribution < 1.29 is 18.0 Å². The number of amides is 1. The lowest BCUT2D eigenvalue weighted by atomic mass is 9.89. The van der Waals surface area contributed by atoms with Gasteiger partial charge in [0.15, 0.2) is 0 Å². The minimum Gasteiger partial charge on any atom is -0.324 e. The van der Waals surface area contributed by atoms with Crippen LogP contribution < -0.4 is 10.9 Å². The smallest absolute Gasteiger partial charge is 0.324 e. The molecule has 186 valence electrons. The van der Waals surface area contributed by atoms with Crippen LogP contribution in [-0.2, 0) is 23.8 Å². The van der Waals surface area contributed by atoms with E-state index in [0.29, 0.717) is 10.2 Å². The lowest BCUT2D eigenvalue weighted by Gasteiger charge is -2.18. The predicted octanol–water partition coefficient (Wildman–Crippen LogP) is 6.61. The fourth-order valence-electron chi connectivity index (χ4n) is 4.79. The molecule has 9 heteroatoms. The molecule has 0 fully saturated rings. The van der Waals surface area contributed by atoms with E-state index in [1.807, 2.05) is 11.4 Å². The first-order valence-electron chi connectivity index (χ1n) is 11.8. The Kier molecular flexibility index (Phi) is 6.42. The molecule has 5 nitrogen and oxygen atoms in total. The number of alkyl halides is 3. The van der Waals surface area contributed by atoms with Crippen LogP contribution in [0.4, 0.5) is 18.9 Å². The van der Waals surface area contributed by atoms with E-state index in [-0.39, 0.29) is 17.7 Å². The van der Waals surface area contributed by atoms with Crippen LogP contribution in [0.1, 0.15) is 48.9 Å². The average molecular weight is 512 g/mol. The van der Waals surface area contributed by atoms with Crippen molar-refractivity contribution in [2.45, 2.75) is 51.2 Å². The number of aromatic nitrogens is 2. The fourth-order valence-corrected chi connectivity index (χ4v) is 5.69. The molecule has 2 aromatic heterocycles. The third-order valence-corrected chi connectivity index (χ3v) is 7.55. The molecule has 0 bridgehead atoms. The van der Waals surface area contributed by atoms with Gasteiger partial charge >= 0.3 is 6.18 Å². The number of rotatable bonds is 5. The predicted molar refractivity (Wildman–Crippen MR) is 135 cm³/mol. The zero-order valence-electron chi connectivity index (χ0n) is 19.6. The number of thiophene rings is 1. The number of fused-ring (bicyclic) bond motifs is 2. The third kappa shape index (κ3) is 4.55. The molecule has 1 aliphatic carbocycles. The Morgan fingerprint density at radius 3 is 2.67 bits per heavy atom. The van der Waals surface area contributed by atoms with Crippen LogP contribution >= 0.6 is 11.3 Å². The van der Waals surface area contributed by atoms with E-state index in [9.17, 15) is 22.8 Å². The number of carbonyl (C=O) groups excluding carboxylic acids is 1. The number of benzene rings is 2. The van der Waals surface area contributed by atoms with Gasteiger partial charge in [-0.25, -0.2) is 4.98 Å². The molecule has 1 unspecified atom stereocenters. The lowest BCUT2D eigenvalue weighted by molar-refractivity contribution is -0.137. The maximum Gasteiger partial charge on any atom is 0.416 e. The summed E-state index contributed by atoms with van der Waals surface area (Å²) in [4.78, 5) is 31.7. The largest absolute Gasteiger partial charge is 0.416 e. The van der Waals surface area contributed by atoms with Gasteiger partial charge in [-0.3, -0.25) is 14.2 Å². The normalized spacial score (nSPS) is 14.4. The Morgan fingerprint density at radius 2 is 1.92 bits per heavy atom. The highest BCUT2D eigenvalue weighted by Gasteiger charge is 2.31. The number of hydrogen-bond donors (Lipinski definition) is 1. The van der Waals surface area contributed by atoms with Crippen LogP contribution in [0.2, 0.25) is 0 Å². The quantitative estimate of drug-likeness (QED) is 0.328. The van der Waals surface area contributed by atoms with E-state index in [1.165, 1.54) is 51.9 Å². The van der Waals surface area contributed by atoms with Crippen LogP contribution in [-0.4, -0.2) is 15.5 Å². The Hall–Kier alpha value is -3.46. The minimum absolute atomic E-state index is 0.0145. The van der Waals surface area contributed by atoms with Gasteiger partial charge in [-0.2, -0.15) is 13.2 Å². The molecule has 5 rings (SSSR count). The van der Waals surface area contributed by atoms with Crippen molar-refractivity contribution in [1.29, 1.82) is 0 Å². The maximum atomic E-state index is 13.6. The highest BCUT2D eigenvalue weighted by Crippen LogP contribution is 2.34. The van der Waals surface area contributed by atoms with Gasteiger partial charge in [0.25, 0.3) is 5.56 Å². The summed E-state index contributed by atoms with van der Waals surface area (Å²) >= 11 is 1.37. The van der Waals surface area contributed by atoms with Gasteiger partial charge in [-0.15, -0.1) is 11.3 Å². The number of carbonyl (C=O) groups is 1. The van der Waals surface area contributed by atoms with Crippen LogP contribution in [0, 0.1) is 0 Å². The summed E-state index contributed by atoms with van der Waals surface area (Å²) in [5, 5.41) is 4.89. The zero-order valence-corrected chi connectivity index (χ0v) is 20.4. The second-order valence-electron chi connectivity index (χ2n) is 8.97. The number of nitrogens with zero attached hydrogens (tertiary/aromatic N) is 2. The topological polar surface area (TPSA) is 64.0 Å². The molecule has 4 aromatic rings. The fraction of sp³-hybridized carbons (Fsp3) is 0.296. The van der Waals surface area contributed by atoms with Crippen LogP contribution in [0.3, 0.4) is 0 Å². The van der Waals surface area contributed by atoms with E-state index in [0.717, 1.165) is 42.5 Å². The standard InChI is InChI=1S/C27H24F3N3O2S/c1-2-22(24(34)32-20-9-5-8-19(13-20)27(28,29)30)33-15-31-25-23(26(33)35)21(14-36-25)18-11-10-16-6-3-4-7-17(16)12-18/h5,8-15,22H,2-4,6-7H2,1H3,(H,32,34). The Morgan fingerprint density at radius 1 is 1.14 bits per heavy atom. The first-order valence-corrected chi connectivity index (χ1v) is 12.7. The molecule has 1 atom stereocenters. The van der Waals surface area contributed by atoms with Crippen molar-refractivity contribution in [1.82, 2.24) is 9.55 Å². The molecule has 2 heterocycles. The molecule has 0 spiro atoms. The van der Waals surface area contributed by atoms with Gasteiger partial charge in [0.1, 0.15) is 10.9 Å². The van der Waals surface area contributed by atoms with Crippen LogP contribution in [0.5, 0.6) is 0 Å². The summed E-state index contributed by atoms with van der Waals surface area (Å²) in [5.41, 5.74) is 3.18. The van der Waals surface area contributed by atoms with Gasteiger partial charge in [-0.05, 0) is 67.0 Å². The number of aryl methyl sites for hydroxylation is 2. The van der Waals surface area contributed by atoms with E-state index < -0.39 is 23.7 Å². The summed E-state index contributed by atoms with van der Waals surface area (Å²) in [6.07, 6.45) is 1.49. The molecule has 0 radical (unpaired) electrons. The zero-order chi connectivity index (χ0) is 25.4. The van der Waals surface area contributed by atoms with Crippen molar-refractivity contribution in [2.24, 2.45) is 0 Å². The average Bonchev–Trinajstić information content (AvgIpc) is 3.30. The maximum absolute atomic E-state index is 13.6. The molecule has 2 aromatic carbocycles. The van der Waals surface area contributed by atoms with E-state index in [2.05, 4.69) is 22.4 Å². The summed E-state index contributed by atoms with van der Waals surface area (Å²) in [6, 6.07) is 9.80. The van der Waals surface area contributed by atoms with Gasteiger partial charge < -0.3 is 5.32 Å². The molecular formula is C27H24F3N3O2S. The van der Waals surface area contributed by atoms with Crippen molar-refractivity contribution in [2.75, 3.05) is 5.32 Å². The Balaban J connectivity index is 1.50. The second kappa shape index (κ2) is 9.54. The number of anilines is 1. The summed E-state index contributed by atoms with van der Waals surface area (Å²) in [6.45, 7) is 1.74. The Bertz CT molecular complexity index is 1510. The van der Waals surface area contributed by atoms with Crippen molar-refractivity contribution in [3.05, 3.63) is 81.2 Å². The van der Waals surface area contributed by atoms with Gasteiger partial charge in [0.2, 0.25) is 5.91 Å². The van der Waals surface area contributed by atoms with E-state index >= 15 is 0 Å². The molecular weight excluding hydrogens is 487 g/mol. The van der Waals surface area contributed by atoms with Gasteiger partial charge in [0.05, 0.1) is 17.3 Å². The van der Waals surface area contributed by atoms with Gasteiger partial charge in [0, 0.05) is 16.6 Å². The molecule has 1 amide bonds. The van der Waals surface area contributed by atoms with Crippen molar-refractivity contribution in [3.8, 4) is 11.1 Å². The minimum atomic E-state index is -4.52. The highest BCUT2D eigenvalue weighted by atomic mass is 32.1. The van der Waals surface area contributed by atoms with E-state index in [1.54, 1.807) is 6.92 Å². The molecule has 0 saturated carbocycles. The highest BCUT2D eigenvalue weighted by molar-refractivity contribution is 7.17. The molecule has 1 N–H and O–H groups in total. The number of nitrogens with one attached hydrogen (secondary N) is 1. The van der Waals surface area contributed by atoms with Crippen LogP contribution in [0.15, 0.2) is 59.0 Å². The third-order valence-electron chi connectivity index (χ3n) is 6.66. The monoisotopic (exact) mass is 511 g/mol. The first-order chi connectivity index (χ1) is 17.3. The summed E-state index contributed by atoms with van der Waals surface area (Å²) < 4.78 is 40.5. The molecule has 1 aliphatic rings. The number of halogens is 3. The van der Waals surface area contributed by atoms with Crippen molar-refractivity contribution >= 4 is 33.1 Å². The van der Waals surface area contributed by atoms with Crippen LogP contribution in [0.25, 0.3) is 21.3 Å². The lowest BCUT2D eigenvalue weighted by Crippen LogP contribution is -2.33. The van der Waals surface area contributed by atoms with Gasteiger partial charge in [-0.1, -0.05) is 31.2 Å². The second-order valence-corrected chi connectivity index (χ2v) is 9.83. The SMILES string of the molecule is CCC(C(=O)Nc1cccc(C(F)(F)F)c1)n1cnc2scc(-c3ccc4c(c3)CCCC4)c2c1=O. The first kappa shape index (κ1) is 24.2. The molecule has 0 saturated heterocycles. The summed E-state index contributed by atoms with van der Waals surface area (Å²) in [7, 11) is 0. The summed E-state index contributed by atoms with van der Waals surface area (Å²) in [5.74, 6) is -0.578. The Labute approximate surface area is 209 Å². The van der Waals surface area contributed by atoms with E-state index in [4.69, 9.17) is 0 Å².